The highest BCUT2D eigenvalue weighted by molar-refractivity contribution is 5.23. The maximum absolute atomic E-state index is 6.00. The van der Waals surface area contributed by atoms with E-state index in [1.165, 1.54) is 11.1 Å². The second kappa shape index (κ2) is 4.97. The van der Waals surface area contributed by atoms with E-state index in [9.17, 15) is 0 Å². The van der Waals surface area contributed by atoms with Crippen LogP contribution in [0.25, 0.3) is 0 Å². The van der Waals surface area contributed by atoms with E-state index in [1.807, 2.05) is 6.92 Å². The fourth-order valence-corrected chi connectivity index (χ4v) is 1.66. The minimum absolute atomic E-state index is 0.203. The molecule has 0 saturated heterocycles. The van der Waals surface area contributed by atoms with Crippen molar-refractivity contribution in [1.29, 1.82) is 0 Å². The van der Waals surface area contributed by atoms with Gasteiger partial charge in [0, 0.05) is 6.04 Å². The Kier molecular flexibility index (Phi) is 3.90. The number of aryl methyl sites for hydroxylation is 1. The summed E-state index contributed by atoms with van der Waals surface area (Å²) in [5.41, 5.74) is 9.77. The van der Waals surface area contributed by atoms with E-state index < -0.39 is 0 Å². The molecule has 1 aromatic carbocycles. The first-order valence-electron chi connectivity index (χ1n) is 5.03. The monoisotopic (exact) mass is 189 g/mol. The highest BCUT2D eigenvalue weighted by atomic mass is 14.6. The standard InChI is InChI=1S/C13H19N/c1-10(2)7-13(14)9-12-6-4-5-11(3)8-12/h4-6,8,13H,1,7,9,14H2,2-3H3. The summed E-state index contributed by atoms with van der Waals surface area (Å²) < 4.78 is 0. The van der Waals surface area contributed by atoms with Crippen molar-refractivity contribution < 1.29 is 0 Å². The highest BCUT2D eigenvalue weighted by Crippen LogP contribution is 2.09. The van der Waals surface area contributed by atoms with E-state index in [0.29, 0.717) is 0 Å². The van der Waals surface area contributed by atoms with Gasteiger partial charge in [-0.05, 0) is 32.3 Å². The van der Waals surface area contributed by atoms with Gasteiger partial charge in [-0.15, -0.1) is 6.58 Å². The number of nitrogens with two attached hydrogens (primary N) is 1. The first kappa shape index (κ1) is 11.0. The molecule has 0 aliphatic heterocycles. The molecule has 0 fully saturated rings. The SMILES string of the molecule is C=C(C)CC(N)Cc1cccc(C)c1. The molecule has 14 heavy (non-hydrogen) atoms. The van der Waals surface area contributed by atoms with Gasteiger partial charge in [-0.1, -0.05) is 35.4 Å². The predicted octanol–water partition coefficient (Wildman–Crippen LogP) is 2.83. The minimum Gasteiger partial charge on any atom is -0.327 e. The molecule has 1 heteroatoms. The second-order valence-corrected chi connectivity index (χ2v) is 4.11. The summed E-state index contributed by atoms with van der Waals surface area (Å²) in [6.45, 7) is 8.00. The van der Waals surface area contributed by atoms with Crippen molar-refractivity contribution >= 4 is 0 Å². The highest BCUT2D eigenvalue weighted by Gasteiger charge is 2.03. The summed E-state index contributed by atoms with van der Waals surface area (Å²) in [6.07, 6.45) is 1.85. The molecule has 0 radical (unpaired) electrons. The Morgan fingerprint density at radius 1 is 1.50 bits per heavy atom. The minimum atomic E-state index is 0.203. The van der Waals surface area contributed by atoms with Crippen molar-refractivity contribution in [2.45, 2.75) is 32.7 Å². The van der Waals surface area contributed by atoms with Crippen LogP contribution in [0.3, 0.4) is 0 Å². The Balaban J connectivity index is 2.55. The molecule has 1 nitrogen and oxygen atoms in total. The first-order chi connectivity index (χ1) is 6.58. The van der Waals surface area contributed by atoms with Gasteiger partial charge in [-0.3, -0.25) is 0 Å². The molecule has 0 spiro atoms. The van der Waals surface area contributed by atoms with Crippen LogP contribution in [-0.2, 0) is 6.42 Å². The molecule has 0 bridgehead atoms. The van der Waals surface area contributed by atoms with Gasteiger partial charge < -0.3 is 5.73 Å². The van der Waals surface area contributed by atoms with Gasteiger partial charge in [-0.2, -0.15) is 0 Å². The van der Waals surface area contributed by atoms with E-state index >= 15 is 0 Å². The molecule has 2 N–H and O–H groups in total. The smallest absolute Gasteiger partial charge is 0.0116 e. The fraction of sp³-hybridized carbons (Fsp3) is 0.385. The fourth-order valence-electron chi connectivity index (χ4n) is 1.66. The molecule has 0 amide bonds. The molecule has 1 aromatic rings. The van der Waals surface area contributed by atoms with Gasteiger partial charge in [-0.25, -0.2) is 0 Å². The number of hydrogen-bond donors (Lipinski definition) is 1. The quantitative estimate of drug-likeness (QED) is 0.724. The lowest BCUT2D eigenvalue weighted by Crippen LogP contribution is -2.22. The van der Waals surface area contributed by atoms with E-state index in [-0.39, 0.29) is 6.04 Å². The zero-order valence-corrected chi connectivity index (χ0v) is 9.09. The first-order valence-corrected chi connectivity index (χ1v) is 5.03. The Morgan fingerprint density at radius 2 is 2.21 bits per heavy atom. The maximum atomic E-state index is 6.00. The molecule has 1 unspecified atom stereocenters. The lowest BCUT2D eigenvalue weighted by molar-refractivity contribution is 0.661. The second-order valence-electron chi connectivity index (χ2n) is 4.11. The van der Waals surface area contributed by atoms with Crippen molar-refractivity contribution in [2.75, 3.05) is 0 Å². The van der Waals surface area contributed by atoms with Gasteiger partial charge in [0.2, 0.25) is 0 Å². The lowest BCUT2D eigenvalue weighted by atomic mass is 10.00. The lowest BCUT2D eigenvalue weighted by Gasteiger charge is -2.11. The molecule has 0 aliphatic rings. The summed E-state index contributed by atoms with van der Waals surface area (Å²) in [4.78, 5) is 0. The molecule has 0 saturated carbocycles. The zero-order valence-electron chi connectivity index (χ0n) is 9.09. The number of benzene rings is 1. The Hall–Kier alpha value is -1.08. The van der Waals surface area contributed by atoms with Crippen LogP contribution in [0.1, 0.15) is 24.5 Å². The van der Waals surface area contributed by atoms with Crippen LogP contribution in [-0.4, -0.2) is 6.04 Å². The van der Waals surface area contributed by atoms with Crippen LogP contribution in [0, 0.1) is 6.92 Å². The van der Waals surface area contributed by atoms with E-state index in [4.69, 9.17) is 5.73 Å². The van der Waals surface area contributed by atoms with E-state index in [0.717, 1.165) is 18.4 Å². The van der Waals surface area contributed by atoms with Crippen molar-refractivity contribution in [2.24, 2.45) is 5.73 Å². The summed E-state index contributed by atoms with van der Waals surface area (Å²) in [5.74, 6) is 0. The molecule has 0 aromatic heterocycles. The normalized spacial score (nSPS) is 12.5. The number of hydrogen-bond acceptors (Lipinski definition) is 1. The summed E-state index contributed by atoms with van der Waals surface area (Å²) >= 11 is 0. The van der Waals surface area contributed by atoms with Gasteiger partial charge in [0.25, 0.3) is 0 Å². The van der Waals surface area contributed by atoms with Crippen LogP contribution >= 0.6 is 0 Å². The van der Waals surface area contributed by atoms with Gasteiger partial charge in [0.15, 0.2) is 0 Å². The summed E-state index contributed by atoms with van der Waals surface area (Å²) in [6, 6.07) is 8.71. The topological polar surface area (TPSA) is 26.0 Å². The van der Waals surface area contributed by atoms with Crippen LogP contribution in [0.15, 0.2) is 36.4 Å². The predicted molar refractivity (Wildman–Crippen MR) is 62.3 cm³/mol. The molecule has 0 aliphatic carbocycles. The molecular formula is C13H19N. The average molecular weight is 189 g/mol. The van der Waals surface area contributed by atoms with E-state index in [2.05, 4.69) is 37.8 Å². The molecule has 1 atom stereocenters. The van der Waals surface area contributed by atoms with Crippen molar-refractivity contribution in [3.8, 4) is 0 Å². The Morgan fingerprint density at radius 3 is 2.79 bits per heavy atom. The van der Waals surface area contributed by atoms with Crippen LogP contribution in [0.5, 0.6) is 0 Å². The average Bonchev–Trinajstić information content (AvgIpc) is 2.01. The third-order valence-corrected chi connectivity index (χ3v) is 2.19. The largest absolute Gasteiger partial charge is 0.327 e. The van der Waals surface area contributed by atoms with E-state index in [1.54, 1.807) is 0 Å². The van der Waals surface area contributed by atoms with Crippen LogP contribution in [0.4, 0.5) is 0 Å². The van der Waals surface area contributed by atoms with Gasteiger partial charge >= 0.3 is 0 Å². The molecule has 76 valence electrons. The molecular weight excluding hydrogens is 170 g/mol. The molecule has 1 rings (SSSR count). The summed E-state index contributed by atoms with van der Waals surface area (Å²) in [5, 5.41) is 0. The van der Waals surface area contributed by atoms with Gasteiger partial charge in [0.05, 0.1) is 0 Å². The van der Waals surface area contributed by atoms with Crippen molar-refractivity contribution in [3.63, 3.8) is 0 Å². The number of rotatable bonds is 4. The van der Waals surface area contributed by atoms with Gasteiger partial charge in [0.1, 0.15) is 0 Å². The Bertz CT molecular complexity index is 315. The third-order valence-electron chi connectivity index (χ3n) is 2.19. The Labute approximate surface area is 86.6 Å². The summed E-state index contributed by atoms with van der Waals surface area (Å²) in [7, 11) is 0. The maximum Gasteiger partial charge on any atom is 0.0116 e. The van der Waals surface area contributed by atoms with Crippen molar-refractivity contribution in [1.82, 2.24) is 0 Å². The zero-order chi connectivity index (χ0) is 10.6. The van der Waals surface area contributed by atoms with Crippen LogP contribution in [0.2, 0.25) is 0 Å². The molecule has 0 heterocycles. The van der Waals surface area contributed by atoms with Crippen LogP contribution < -0.4 is 5.73 Å². The third kappa shape index (κ3) is 3.75. The van der Waals surface area contributed by atoms with Crippen molar-refractivity contribution in [3.05, 3.63) is 47.5 Å².